The number of amides is 1. The maximum atomic E-state index is 13.5. The summed E-state index contributed by atoms with van der Waals surface area (Å²) in [7, 11) is 0. The summed E-state index contributed by atoms with van der Waals surface area (Å²) in [5, 5.41) is 6.59. The molecule has 0 saturated carbocycles. The van der Waals surface area contributed by atoms with Crippen molar-refractivity contribution in [2.45, 2.75) is 20.3 Å². The lowest BCUT2D eigenvalue weighted by molar-refractivity contribution is -0.115. The van der Waals surface area contributed by atoms with Gasteiger partial charge in [0.25, 0.3) is 0 Å². The van der Waals surface area contributed by atoms with Crippen LogP contribution in [-0.2, 0) is 11.2 Å². The first kappa shape index (κ1) is 13.5. The van der Waals surface area contributed by atoms with Gasteiger partial charge >= 0.3 is 0 Å². The van der Waals surface area contributed by atoms with Gasteiger partial charge in [0, 0.05) is 10.6 Å². The number of hydrogen-bond donors (Lipinski definition) is 1. The van der Waals surface area contributed by atoms with Crippen molar-refractivity contribution in [3.05, 3.63) is 46.1 Å². The zero-order chi connectivity index (χ0) is 14.0. The van der Waals surface area contributed by atoms with E-state index in [1.54, 1.807) is 13.8 Å². The fourth-order valence-corrected chi connectivity index (χ4v) is 1.87. The first-order valence-electron chi connectivity index (χ1n) is 5.64. The van der Waals surface area contributed by atoms with E-state index in [4.69, 9.17) is 16.1 Å². The molecule has 100 valence electrons. The van der Waals surface area contributed by atoms with Crippen molar-refractivity contribution in [3.63, 3.8) is 0 Å². The molecule has 0 aliphatic rings. The number of nitrogens with zero attached hydrogens (tertiary/aromatic N) is 1. The summed E-state index contributed by atoms with van der Waals surface area (Å²) >= 11 is 5.75. The van der Waals surface area contributed by atoms with Crippen LogP contribution in [0.1, 0.15) is 17.0 Å². The van der Waals surface area contributed by atoms with E-state index in [0.717, 1.165) is 0 Å². The van der Waals surface area contributed by atoms with Crippen LogP contribution in [0.2, 0.25) is 5.02 Å². The molecule has 0 unspecified atom stereocenters. The Morgan fingerprint density at radius 2 is 2.21 bits per heavy atom. The van der Waals surface area contributed by atoms with Gasteiger partial charge in [-0.2, -0.15) is 0 Å². The third kappa shape index (κ3) is 3.12. The van der Waals surface area contributed by atoms with E-state index >= 15 is 0 Å². The highest BCUT2D eigenvalue weighted by atomic mass is 35.5. The van der Waals surface area contributed by atoms with Gasteiger partial charge in [-0.3, -0.25) is 4.79 Å². The lowest BCUT2D eigenvalue weighted by Crippen LogP contribution is -2.16. The molecular weight excluding hydrogens is 271 g/mol. The molecule has 1 aromatic carbocycles. The van der Waals surface area contributed by atoms with E-state index in [1.807, 2.05) is 0 Å². The van der Waals surface area contributed by atoms with Crippen molar-refractivity contribution in [2.75, 3.05) is 5.32 Å². The lowest BCUT2D eigenvalue weighted by Gasteiger charge is -2.06. The Kier molecular flexibility index (Phi) is 3.85. The molecule has 2 aromatic rings. The lowest BCUT2D eigenvalue weighted by atomic mass is 10.1. The molecule has 0 spiro atoms. The van der Waals surface area contributed by atoms with Gasteiger partial charge in [0.2, 0.25) is 5.91 Å². The van der Waals surface area contributed by atoms with Crippen LogP contribution in [0.5, 0.6) is 0 Å². The van der Waals surface area contributed by atoms with Gasteiger partial charge < -0.3 is 9.84 Å². The minimum absolute atomic E-state index is 0.0595. The van der Waals surface area contributed by atoms with Crippen molar-refractivity contribution in [1.82, 2.24) is 5.16 Å². The molecule has 19 heavy (non-hydrogen) atoms. The second-order valence-corrected chi connectivity index (χ2v) is 4.59. The molecule has 1 heterocycles. The summed E-state index contributed by atoms with van der Waals surface area (Å²) in [6.45, 7) is 3.47. The summed E-state index contributed by atoms with van der Waals surface area (Å²) in [6.07, 6.45) is 0.0765. The molecule has 0 aliphatic heterocycles. The minimum atomic E-state index is -0.531. The maximum absolute atomic E-state index is 13.5. The third-order valence-corrected chi connectivity index (χ3v) is 2.96. The quantitative estimate of drug-likeness (QED) is 0.940. The van der Waals surface area contributed by atoms with Crippen molar-refractivity contribution >= 4 is 23.2 Å². The fraction of sp³-hybridized carbons (Fsp3) is 0.231. The molecule has 4 nitrogen and oxygen atoms in total. The van der Waals surface area contributed by atoms with Gasteiger partial charge in [0.1, 0.15) is 11.6 Å². The zero-order valence-electron chi connectivity index (χ0n) is 10.5. The van der Waals surface area contributed by atoms with Crippen molar-refractivity contribution < 1.29 is 13.7 Å². The van der Waals surface area contributed by atoms with Crippen molar-refractivity contribution in [1.29, 1.82) is 0 Å². The number of anilines is 1. The van der Waals surface area contributed by atoms with E-state index in [1.165, 1.54) is 18.2 Å². The normalized spacial score (nSPS) is 10.5. The Balaban J connectivity index is 2.12. The van der Waals surface area contributed by atoms with Gasteiger partial charge in [0.05, 0.1) is 17.8 Å². The van der Waals surface area contributed by atoms with Gasteiger partial charge in [-0.05, 0) is 32.0 Å². The highest BCUT2D eigenvalue weighted by Gasteiger charge is 2.14. The molecule has 6 heteroatoms. The molecule has 0 bridgehead atoms. The Hall–Kier alpha value is -1.88. The van der Waals surface area contributed by atoms with E-state index in [-0.39, 0.29) is 18.0 Å². The van der Waals surface area contributed by atoms with E-state index in [2.05, 4.69) is 10.5 Å². The summed E-state index contributed by atoms with van der Waals surface area (Å²) in [6, 6.07) is 3.98. The predicted molar refractivity (Wildman–Crippen MR) is 69.7 cm³/mol. The number of rotatable bonds is 3. The van der Waals surface area contributed by atoms with Crippen LogP contribution in [0, 0.1) is 19.7 Å². The van der Waals surface area contributed by atoms with Crippen LogP contribution in [0.3, 0.4) is 0 Å². The number of benzene rings is 1. The maximum Gasteiger partial charge on any atom is 0.229 e. The third-order valence-electron chi connectivity index (χ3n) is 2.72. The largest absolute Gasteiger partial charge is 0.361 e. The molecule has 0 aliphatic carbocycles. The second kappa shape index (κ2) is 5.40. The molecule has 0 saturated heterocycles. The molecule has 1 amide bonds. The van der Waals surface area contributed by atoms with Gasteiger partial charge in [-0.25, -0.2) is 4.39 Å². The Morgan fingerprint density at radius 1 is 1.47 bits per heavy atom. The van der Waals surface area contributed by atoms with Crippen LogP contribution in [-0.4, -0.2) is 11.1 Å². The number of aryl methyl sites for hydroxylation is 2. The number of carbonyl (C=O) groups is 1. The summed E-state index contributed by atoms with van der Waals surface area (Å²) < 4.78 is 18.4. The number of nitrogens with one attached hydrogen (secondary N) is 1. The monoisotopic (exact) mass is 282 g/mol. The van der Waals surface area contributed by atoms with Crippen molar-refractivity contribution in [2.24, 2.45) is 0 Å². The molecule has 1 aromatic heterocycles. The number of halogens is 2. The average Bonchev–Trinajstić information content (AvgIpc) is 2.65. The average molecular weight is 283 g/mol. The molecular formula is C13H12ClFN2O2. The highest BCUT2D eigenvalue weighted by molar-refractivity contribution is 6.30. The standard InChI is InChI=1S/C13H12ClFN2O2/c1-7-10(8(2)19-17-7)6-13(18)16-12-5-9(14)3-4-11(12)15/h3-5H,6H2,1-2H3,(H,16,18). The smallest absolute Gasteiger partial charge is 0.229 e. The summed E-state index contributed by atoms with van der Waals surface area (Å²) in [5.41, 5.74) is 1.42. The van der Waals surface area contributed by atoms with E-state index in [0.29, 0.717) is 22.0 Å². The Bertz CT molecular complexity index is 606. The number of carbonyl (C=O) groups excluding carboxylic acids is 1. The first-order chi connectivity index (χ1) is 8.97. The van der Waals surface area contributed by atoms with Gasteiger partial charge in [0.15, 0.2) is 0 Å². The van der Waals surface area contributed by atoms with Gasteiger partial charge in [-0.15, -0.1) is 0 Å². The zero-order valence-corrected chi connectivity index (χ0v) is 11.2. The van der Waals surface area contributed by atoms with E-state index < -0.39 is 5.82 Å². The Morgan fingerprint density at radius 3 is 2.84 bits per heavy atom. The molecule has 0 fully saturated rings. The topological polar surface area (TPSA) is 55.1 Å². The number of aromatic nitrogens is 1. The van der Waals surface area contributed by atoms with Crippen LogP contribution in [0.25, 0.3) is 0 Å². The summed E-state index contributed by atoms with van der Waals surface area (Å²) in [5.74, 6) is -0.300. The molecule has 2 rings (SSSR count). The van der Waals surface area contributed by atoms with Gasteiger partial charge in [-0.1, -0.05) is 16.8 Å². The van der Waals surface area contributed by atoms with E-state index in [9.17, 15) is 9.18 Å². The SMILES string of the molecule is Cc1noc(C)c1CC(=O)Nc1cc(Cl)ccc1F. The molecule has 1 N–H and O–H groups in total. The second-order valence-electron chi connectivity index (χ2n) is 4.15. The van der Waals surface area contributed by atoms with Crippen LogP contribution < -0.4 is 5.32 Å². The summed E-state index contributed by atoms with van der Waals surface area (Å²) in [4.78, 5) is 11.9. The highest BCUT2D eigenvalue weighted by Crippen LogP contribution is 2.20. The van der Waals surface area contributed by atoms with Crippen LogP contribution >= 0.6 is 11.6 Å². The van der Waals surface area contributed by atoms with Crippen molar-refractivity contribution in [3.8, 4) is 0 Å². The molecule has 0 atom stereocenters. The Labute approximate surface area is 114 Å². The first-order valence-corrected chi connectivity index (χ1v) is 6.02. The number of hydrogen-bond acceptors (Lipinski definition) is 3. The fourth-order valence-electron chi connectivity index (χ4n) is 1.70. The molecule has 0 radical (unpaired) electrons. The van der Waals surface area contributed by atoms with Crippen LogP contribution in [0.15, 0.2) is 22.7 Å². The minimum Gasteiger partial charge on any atom is -0.361 e. The predicted octanol–water partition coefficient (Wildman–Crippen LogP) is 3.27. The van der Waals surface area contributed by atoms with Crippen LogP contribution in [0.4, 0.5) is 10.1 Å².